The zero-order valence-electron chi connectivity index (χ0n) is 9.50. The summed E-state index contributed by atoms with van der Waals surface area (Å²) in [5, 5.41) is 0.273. The van der Waals surface area contributed by atoms with E-state index in [-0.39, 0.29) is 23.2 Å². The maximum Gasteiger partial charge on any atom is 0.200 e. The number of alkyl halides is 1. The lowest BCUT2D eigenvalue weighted by atomic mass is 10.2. The maximum absolute atomic E-state index is 13.6. The largest absolute Gasteiger partial charge is 0.486 e. The molecule has 94 valence electrons. The van der Waals surface area contributed by atoms with Gasteiger partial charge in [-0.15, -0.1) is 0 Å². The number of ether oxygens (including phenoxy) is 1. The number of halogens is 3. The molecule has 0 saturated heterocycles. The van der Waals surface area contributed by atoms with Crippen molar-refractivity contribution in [2.45, 2.75) is 11.9 Å². The predicted octanol–water partition coefficient (Wildman–Crippen LogP) is 4.44. The standard InChI is InChI=1S/C14H11BrF2O/c15-8-11-6-7-12(14(17)13(11)16)18-9-10-4-2-1-3-5-10/h1-7H,8-9H2. The van der Waals surface area contributed by atoms with Crippen LogP contribution in [0.5, 0.6) is 5.75 Å². The molecule has 0 aliphatic heterocycles. The van der Waals surface area contributed by atoms with Crippen molar-refractivity contribution >= 4 is 15.9 Å². The van der Waals surface area contributed by atoms with Gasteiger partial charge in [0.25, 0.3) is 0 Å². The van der Waals surface area contributed by atoms with Crippen molar-refractivity contribution in [3.8, 4) is 5.75 Å². The summed E-state index contributed by atoms with van der Waals surface area (Å²) in [6, 6.07) is 12.3. The number of hydrogen-bond acceptors (Lipinski definition) is 1. The van der Waals surface area contributed by atoms with Crippen LogP contribution in [0.4, 0.5) is 8.78 Å². The molecular formula is C14H11BrF2O. The lowest BCUT2D eigenvalue weighted by molar-refractivity contribution is 0.284. The van der Waals surface area contributed by atoms with Crippen LogP contribution in [-0.4, -0.2) is 0 Å². The van der Waals surface area contributed by atoms with Crippen LogP contribution in [0.15, 0.2) is 42.5 Å². The van der Waals surface area contributed by atoms with Crippen molar-refractivity contribution in [1.29, 1.82) is 0 Å². The van der Waals surface area contributed by atoms with Crippen LogP contribution in [0, 0.1) is 11.6 Å². The van der Waals surface area contributed by atoms with Gasteiger partial charge in [0, 0.05) is 10.9 Å². The minimum Gasteiger partial charge on any atom is -0.486 e. The van der Waals surface area contributed by atoms with Gasteiger partial charge in [-0.05, 0) is 11.6 Å². The summed E-state index contributed by atoms with van der Waals surface area (Å²) in [6.45, 7) is 0.213. The van der Waals surface area contributed by atoms with E-state index in [1.54, 1.807) is 0 Å². The first-order chi connectivity index (χ1) is 8.72. The molecule has 0 fully saturated rings. The average Bonchev–Trinajstić information content (AvgIpc) is 2.42. The van der Waals surface area contributed by atoms with E-state index in [1.165, 1.54) is 12.1 Å². The molecule has 0 aliphatic rings. The van der Waals surface area contributed by atoms with Crippen molar-refractivity contribution in [2.75, 3.05) is 0 Å². The second-order valence-corrected chi connectivity index (χ2v) is 4.32. The zero-order chi connectivity index (χ0) is 13.0. The third kappa shape index (κ3) is 2.88. The molecule has 0 aliphatic carbocycles. The molecule has 0 heterocycles. The molecule has 0 saturated carbocycles. The van der Waals surface area contributed by atoms with Gasteiger partial charge in [0.2, 0.25) is 5.82 Å². The van der Waals surface area contributed by atoms with Crippen LogP contribution >= 0.6 is 15.9 Å². The van der Waals surface area contributed by atoms with Crippen molar-refractivity contribution in [3.63, 3.8) is 0 Å². The quantitative estimate of drug-likeness (QED) is 0.758. The van der Waals surface area contributed by atoms with Crippen LogP contribution in [0.2, 0.25) is 0 Å². The van der Waals surface area contributed by atoms with E-state index in [0.717, 1.165) is 5.56 Å². The first-order valence-electron chi connectivity index (χ1n) is 5.42. The summed E-state index contributed by atoms with van der Waals surface area (Å²) in [5.74, 6) is -1.87. The molecule has 0 spiro atoms. The van der Waals surface area contributed by atoms with E-state index in [9.17, 15) is 8.78 Å². The Morgan fingerprint density at radius 3 is 2.33 bits per heavy atom. The summed E-state index contributed by atoms with van der Waals surface area (Å²) in [4.78, 5) is 0. The lowest BCUT2D eigenvalue weighted by Crippen LogP contribution is -2.00. The first kappa shape index (κ1) is 13.0. The minimum absolute atomic E-state index is 0.0685. The Balaban J connectivity index is 2.13. The average molecular weight is 313 g/mol. The molecule has 0 aromatic heterocycles. The Morgan fingerprint density at radius 1 is 0.944 bits per heavy atom. The Bertz CT molecular complexity index is 529. The van der Waals surface area contributed by atoms with E-state index in [4.69, 9.17) is 4.74 Å². The van der Waals surface area contributed by atoms with Crippen molar-refractivity contribution in [2.24, 2.45) is 0 Å². The highest BCUT2D eigenvalue weighted by Gasteiger charge is 2.13. The molecule has 2 aromatic rings. The molecule has 4 heteroatoms. The van der Waals surface area contributed by atoms with Gasteiger partial charge in [-0.2, -0.15) is 4.39 Å². The van der Waals surface area contributed by atoms with Crippen molar-refractivity contribution in [1.82, 2.24) is 0 Å². The van der Waals surface area contributed by atoms with Gasteiger partial charge < -0.3 is 4.74 Å². The topological polar surface area (TPSA) is 9.23 Å². The molecule has 2 rings (SSSR count). The van der Waals surface area contributed by atoms with E-state index >= 15 is 0 Å². The van der Waals surface area contributed by atoms with Gasteiger partial charge >= 0.3 is 0 Å². The highest BCUT2D eigenvalue weighted by atomic mass is 79.9. The fourth-order valence-corrected chi connectivity index (χ4v) is 1.95. The SMILES string of the molecule is Fc1c(CBr)ccc(OCc2ccccc2)c1F. The highest BCUT2D eigenvalue weighted by molar-refractivity contribution is 9.08. The smallest absolute Gasteiger partial charge is 0.200 e. The molecule has 0 radical (unpaired) electrons. The third-order valence-corrected chi connectivity index (χ3v) is 3.11. The van der Waals surface area contributed by atoms with Gasteiger partial charge in [0.15, 0.2) is 11.6 Å². The van der Waals surface area contributed by atoms with E-state index < -0.39 is 11.6 Å². The molecule has 2 aromatic carbocycles. The van der Waals surface area contributed by atoms with E-state index in [0.29, 0.717) is 0 Å². The summed E-state index contributed by atoms with van der Waals surface area (Å²) >= 11 is 3.10. The van der Waals surface area contributed by atoms with Crippen LogP contribution in [0.25, 0.3) is 0 Å². The number of benzene rings is 2. The van der Waals surface area contributed by atoms with E-state index in [2.05, 4.69) is 15.9 Å². The fourth-order valence-electron chi connectivity index (χ4n) is 1.52. The van der Waals surface area contributed by atoms with Crippen molar-refractivity contribution in [3.05, 3.63) is 65.2 Å². The Hall–Kier alpha value is -1.42. The second-order valence-electron chi connectivity index (χ2n) is 3.76. The minimum atomic E-state index is -0.942. The maximum atomic E-state index is 13.6. The molecule has 18 heavy (non-hydrogen) atoms. The number of hydrogen-bond donors (Lipinski definition) is 0. The summed E-state index contributed by atoms with van der Waals surface area (Å²) in [7, 11) is 0. The highest BCUT2D eigenvalue weighted by Crippen LogP contribution is 2.24. The van der Waals surface area contributed by atoms with E-state index in [1.807, 2.05) is 30.3 Å². The molecule has 0 N–H and O–H groups in total. The Kier molecular flexibility index (Phi) is 4.31. The Labute approximate surface area is 113 Å². The molecule has 0 bridgehead atoms. The van der Waals surface area contributed by atoms with Gasteiger partial charge in [0.05, 0.1) is 0 Å². The summed E-state index contributed by atoms with van der Waals surface area (Å²) < 4.78 is 32.4. The number of rotatable bonds is 4. The van der Waals surface area contributed by atoms with Crippen molar-refractivity contribution < 1.29 is 13.5 Å². The van der Waals surface area contributed by atoms with Crippen LogP contribution in [0.1, 0.15) is 11.1 Å². The zero-order valence-corrected chi connectivity index (χ0v) is 11.1. The monoisotopic (exact) mass is 312 g/mol. The predicted molar refractivity (Wildman–Crippen MR) is 69.8 cm³/mol. The molecule has 1 nitrogen and oxygen atoms in total. The van der Waals surface area contributed by atoms with Gasteiger partial charge in [-0.3, -0.25) is 0 Å². The van der Waals surface area contributed by atoms with Crippen LogP contribution in [-0.2, 0) is 11.9 Å². The van der Waals surface area contributed by atoms with Gasteiger partial charge in [0.1, 0.15) is 6.61 Å². The lowest BCUT2D eigenvalue weighted by Gasteiger charge is -2.09. The second kappa shape index (κ2) is 5.96. The third-order valence-electron chi connectivity index (χ3n) is 2.51. The van der Waals surface area contributed by atoms with Crippen LogP contribution < -0.4 is 4.74 Å². The summed E-state index contributed by atoms with van der Waals surface area (Å²) in [6.07, 6.45) is 0. The van der Waals surface area contributed by atoms with Gasteiger partial charge in [-0.1, -0.05) is 52.3 Å². The normalized spacial score (nSPS) is 10.4. The fraction of sp³-hybridized carbons (Fsp3) is 0.143. The molecule has 0 atom stereocenters. The first-order valence-corrected chi connectivity index (χ1v) is 6.54. The summed E-state index contributed by atoms with van der Waals surface area (Å²) in [5.41, 5.74) is 1.18. The Morgan fingerprint density at radius 2 is 1.67 bits per heavy atom. The van der Waals surface area contributed by atoms with Crippen LogP contribution in [0.3, 0.4) is 0 Å². The van der Waals surface area contributed by atoms with Gasteiger partial charge in [-0.25, -0.2) is 4.39 Å². The molecular weight excluding hydrogens is 302 g/mol. The molecule has 0 amide bonds. The molecule has 0 unspecified atom stereocenters.